The van der Waals surface area contributed by atoms with Gasteiger partial charge in [0.2, 0.25) is 0 Å². The van der Waals surface area contributed by atoms with Crippen LogP contribution in [-0.2, 0) is 40.5 Å². The highest BCUT2D eigenvalue weighted by Gasteiger charge is 2.65. The van der Waals surface area contributed by atoms with E-state index in [-0.39, 0.29) is 0 Å². The number of hydrogen-bond donors (Lipinski definition) is 0. The molecule has 4 unspecified atom stereocenters. The van der Waals surface area contributed by atoms with Crippen LogP contribution in [0.25, 0.3) is 0 Å². The number of rotatable bonds is 10. The highest BCUT2D eigenvalue weighted by Crippen LogP contribution is 2.51. The van der Waals surface area contributed by atoms with Gasteiger partial charge in [-0.3, -0.25) is 0 Å². The minimum Gasteiger partial charge on any atom is -0.323 e. The van der Waals surface area contributed by atoms with Crippen molar-refractivity contribution in [3.63, 3.8) is 0 Å². The van der Waals surface area contributed by atoms with E-state index in [1.807, 2.05) is 0 Å². The first-order valence-electron chi connectivity index (χ1n) is 17.9. The summed E-state index contributed by atoms with van der Waals surface area (Å²) in [5.41, 5.74) is -14.4. The van der Waals surface area contributed by atoms with Crippen molar-refractivity contribution < 1.29 is 83.1 Å². The van der Waals surface area contributed by atoms with Gasteiger partial charge < -0.3 is 9.80 Å². The molecule has 2 aliphatic rings. The molecule has 0 aliphatic carbocycles. The number of carbonyl (C=O) groups excluding carboxylic acids is 1. The van der Waals surface area contributed by atoms with Crippen LogP contribution >= 0.6 is 0 Å². The standard InChI is InChI=1S/C39H30F14N2O5S2/c40-27-9-13-29(14-10-27)61(57,58)34(23-1-5-25(6-2-23)36(46,31(42)43)38(48,49)50)17-19-54(21-34)33(56)55-20-18-35(22-55,62(59,60)30-15-11-28(41)12-16-30)24-3-7-26(8-4-24)37(47,32(44)45)39(51,52)53/h1-16,31-32H,17-22H2. The minimum atomic E-state index is -6.12. The van der Waals surface area contributed by atoms with Gasteiger partial charge in [-0.05, 0) is 72.5 Å². The number of sulfone groups is 2. The second-order valence-electron chi connectivity index (χ2n) is 14.7. The first-order chi connectivity index (χ1) is 28.6. The van der Waals surface area contributed by atoms with Crippen molar-refractivity contribution in [2.24, 2.45) is 0 Å². The first-order valence-corrected chi connectivity index (χ1v) is 20.9. The van der Waals surface area contributed by atoms with Crippen molar-refractivity contribution in [2.45, 2.75) is 68.7 Å². The summed E-state index contributed by atoms with van der Waals surface area (Å²) in [5, 5.41) is 0. The van der Waals surface area contributed by atoms with E-state index in [4.69, 9.17) is 0 Å². The largest absolute Gasteiger partial charge is 0.432 e. The summed E-state index contributed by atoms with van der Waals surface area (Å²) in [4.78, 5) is 14.9. The minimum absolute atomic E-state index is 0.296. The summed E-state index contributed by atoms with van der Waals surface area (Å²) in [6.07, 6.45) is -22.6. The maximum Gasteiger partial charge on any atom is 0.432 e. The molecule has 0 spiro atoms. The SMILES string of the molecule is O=C(N1CCC(c2ccc(C(F)(C(F)F)C(F)(F)F)cc2)(S(=O)(=O)c2ccc(F)cc2)C1)N1CCC(c2ccc(C(F)(C(F)F)C(F)(F)F)cc2)(S(=O)(=O)c2ccc(F)cc2)C1. The van der Waals surface area contributed by atoms with Crippen molar-refractivity contribution in [2.75, 3.05) is 26.2 Å². The number of amides is 2. The van der Waals surface area contributed by atoms with E-state index in [1.165, 1.54) is 0 Å². The fourth-order valence-corrected chi connectivity index (χ4v) is 12.0. The molecule has 2 saturated heterocycles. The molecule has 0 aromatic heterocycles. The molecule has 4 atom stereocenters. The molecule has 2 fully saturated rings. The summed E-state index contributed by atoms with van der Waals surface area (Å²) in [6, 6.07) is 9.05. The van der Waals surface area contributed by atoms with Crippen LogP contribution in [0, 0.1) is 11.6 Å². The average molecular weight is 937 g/mol. The number of hydrogen-bond acceptors (Lipinski definition) is 5. The van der Waals surface area contributed by atoms with Gasteiger partial charge in [-0.1, -0.05) is 48.5 Å². The lowest BCUT2D eigenvalue weighted by Crippen LogP contribution is -2.47. The van der Waals surface area contributed by atoms with Crippen LogP contribution < -0.4 is 0 Å². The third-order valence-corrected chi connectivity index (χ3v) is 16.4. The molecule has 2 heterocycles. The smallest absolute Gasteiger partial charge is 0.323 e. The van der Waals surface area contributed by atoms with E-state index in [2.05, 4.69) is 0 Å². The fourth-order valence-electron chi connectivity index (χ4n) is 7.85. The van der Waals surface area contributed by atoms with Gasteiger partial charge in [0.1, 0.15) is 21.1 Å². The quantitative estimate of drug-likeness (QED) is 0.117. The van der Waals surface area contributed by atoms with Gasteiger partial charge in [0.25, 0.3) is 24.2 Å². The molecule has 0 bridgehead atoms. The Bertz CT molecular complexity index is 2350. The van der Waals surface area contributed by atoms with Crippen LogP contribution in [0.3, 0.4) is 0 Å². The second-order valence-corrected chi connectivity index (χ2v) is 19.2. The Morgan fingerprint density at radius 2 is 0.790 bits per heavy atom. The Labute approximate surface area is 343 Å². The lowest BCUT2D eigenvalue weighted by molar-refractivity contribution is -0.274. The van der Waals surface area contributed by atoms with Crippen LogP contribution in [0.5, 0.6) is 0 Å². The van der Waals surface area contributed by atoms with Crippen molar-refractivity contribution in [1.82, 2.24) is 9.80 Å². The molecule has 0 N–H and O–H groups in total. The molecule has 2 amide bonds. The zero-order valence-electron chi connectivity index (χ0n) is 31.2. The lowest BCUT2D eigenvalue weighted by Gasteiger charge is -2.33. The Balaban J connectivity index is 1.40. The molecule has 4 aromatic rings. The van der Waals surface area contributed by atoms with Gasteiger partial charge in [0.15, 0.2) is 19.7 Å². The maximum absolute atomic E-state index is 14.9. The van der Waals surface area contributed by atoms with Crippen molar-refractivity contribution in [3.8, 4) is 0 Å². The van der Waals surface area contributed by atoms with E-state index in [0.717, 1.165) is 58.3 Å². The summed E-state index contributed by atoms with van der Waals surface area (Å²) in [5.74, 6) is -1.77. The molecule has 23 heteroatoms. The van der Waals surface area contributed by atoms with Crippen LogP contribution in [0.4, 0.5) is 66.3 Å². The van der Waals surface area contributed by atoms with Crippen LogP contribution in [-0.4, -0.2) is 84.0 Å². The predicted molar refractivity (Wildman–Crippen MR) is 191 cm³/mol. The molecule has 336 valence electrons. The summed E-state index contributed by atoms with van der Waals surface area (Å²) < 4.78 is 246. The third-order valence-electron chi connectivity index (χ3n) is 11.4. The molecular weight excluding hydrogens is 907 g/mol. The van der Waals surface area contributed by atoms with Crippen LogP contribution in [0.2, 0.25) is 0 Å². The van der Waals surface area contributed by atoms with Gasteiger partial charge in [-0.25, -0.2) is 56.8 Å². The third kappa shape index (κ3) is 7.25. The number of likely N-dealkylation sites (tertiary alicyclic amines) is 2. The average Bonchev–Trinajstić information content (AvgIpc) is 3.88. The van der Waals surface area contributed by atoms with Gasteiger partial charge in [-0.15, -0.1) is 0 Å². The number of alkyl halides is 12. The number of carbonyl (C=O) groups is 1. The van der Waals surface area contributed by atoms with Crippen LogP contribution in [0.1, 0.15) is 35.1 Å². The molecule has 62 heavy (non-hydrogen) atoms. The second kappa shape index (κ2) is 15.7. The number of benzene rings is 4. The summed E-state index contributed by atoms with van der Waals surface area (Å²) in [7, 11) is -9.70. The maximum atomic E-state index is 14.9. The summed E-state index contributed by atoms with van der Waals surface area (Å²) in [6.45, 7) is -2.74. The first kappa shape index (κ1) is 46.6. The highest BCUT2D eigenvalue weighted by molar-refractivity contribution is 7.92. The lowest BCUT2D eigenvalue weighted by atomic mass is 9.90. The normalized spacial score (nSPS) is 22.3. The molecule has 7 nitrogen and oxygen atoms in total. The Morgan fingerprint density at radius 1 is 0.500 bits per heavy atom. The van der Waals surface area contributed by atoms with Crippen molar-refractivity contribution in [3.05, 3.63) is 131 Å². The van der Waals surface area contributed by atoms with Gasteiger partial charge in [0, 0.05) is 37.3 Å². The molecular formula is C39H30F14N2O5S2. The predicted octanol–water partition coefficient (Wildman–Crippen LogP) is 9.52. The van der Waals surface area contributed by atoms with Crippen LogP contribution in [0.15, 0.2) is 107 Å². The number of nitrogens with zero attached hydrogens (tertiary/aromatic N) is 2. The molecule has 2 aliphatic heterocycles. The molecule has 0 saturated carbocycles. The number of urea groups is 1. The van der Waals surface area contributed by atoms with E-state index < -0.39 is 154 Å². The van der Waals surface area contributed by atoms with E-state index in [0.29, 0.717) is 48.5 Å². The van der Waals surface area contributed by atoms with E-state index in [9.17, 15) is 83.1 Å². The molecule has 0 radical (unpaired) electrons. The fraction of sp³-hybridized carbons (Fsp3) is 0.359. The zero-order chi connectivity index (χ0) is 46.1. The van der Waals surface area contributed by atoms with E-state index >= 15 is 0 Å². The summed E-state index contributed by atoms with van der Waals surface area (Å²) >= 11 is 0. The Hall–Kier alpha value is -4.93. The van der Waals surface area contributed by atoms with E-state index in [1.54, 1.807) is 0 Å². The van der Waals surface area contributed by atoms with Crippen molar-refractivity contribution >= 4 is 25.7 Å². The number of halogens is 14. The van der Waals surface area contributed by atoms with Gasteiger partial charge in [-0.2, -0.15) is 26.3 Å². The zero-order valence-corrected chi connectivity index (χ0v) is 32.8. The van der Waals surface area contributed by atoms with Gasteiger partial charge >= 0.3 is 18.4 Å². The highest BCUT2D eigenvalue weighted by atomic mass is 32.2. The Morgan fingerprint density at radius 3 is 1.05 bits per heavy atom. The van der Waals surface area contributed by atoms with Gasteiger partial charge in [0.05, 0.1) is 9.79 Å². The topological polar surface area (TPSA) is 91.8 Å². The molecule has 4 aromatic carbocycles. The monoisotopic (exact) mass is 936 g/mol. The Kier molecular flexibility index (Phi) is 11.8. The molecule has 6 rings (SSSR count). The van der Waals surface area contributed by atoms with Crippen molar-refractivity contribution in [1.29, 1.82) is 0 Å².